The van der Waals surface area contributed by atoms with Crippen LogP contribution in [0.4, 0.5) is 5.95 Å². The van der Waals surface area contributed by atoms with E-state index < -0.39 is 0 Å². The zero-order valence-corrected chi connectivity index (χ0v) is 13.0. The second-order valence-electron chi connectivity index (χ2n) is 5.58. The normalized spacial score (nSPS) is 23.7. The number of ether oxygens (including phenoxy) is 1. The van der Waals surface area contributed by atoms with Gasteiger partial charge in [-0.1, -0.05) is 12.1 Å². The Morgan fingerprint density at radius 3 is 2.74 bits per heavy atom. The van der Waals surface area contributed by atoms with E-state index in [1.54, 1.807) is 7.11 Å². The molecule has 23 heavy (non-hydrogen) atoms. The van der Waals surface area contributed by atoms with E-state index in [0.717, 1.165) is 11.3 Å². The highest BCUT2D eigenvalue weighted by Crippen LogP contribution is 2.32. The maximum atomic E-state index is 12.2. The standard InChI is InChI=1S/C15H20N6O2/c1-9-12(7-13(22)18-15-16-8-17-21-15)14(20-19-9)10-3-5-11(23-2)6-4-10/h3-6,8-9,12,14,19-20H,7H2,1-2H3,(H2,16,17,18,21,22). The topological polar surface area (TPSA) is 104 Å². The lowest BCUT2D eigenvalue weighted by molar-refractivity contribution is -0.117. The van der Waals surface area contributed by atoms with Gasteiger partial charge in [0.1, 0.15) is 12.1 Å². The van der Waals surface area contributed by atoms with E-state index in [2.05, 4.69) is 38.3 Å². The van der Waals surface area contributed by atoms with Crippen LogP contribution in [0.2, 0.25) is 0 Å². The number of anilines is 1. The fourth-order valence-electron chi connectivity index (χ4n) is 2.82. The van der Waals surface area contributed by atoms with E-state index in [1.165, 1.54) is 6.33 Å². The van der Waals surface area contributed by atoms with Crippen molar-refractivity contribution in [2.24, 2.45) is 5.92 Å². The summed E-state index contributed by atoms with van der Waals surface area (Å²) < 4.78 is 5.19. The zero-order valence-electron chi connectivity index (χ0n) is 13.0. The Bertz CT molecular complexity index is 642. The second-order valence-corrected chi connectivity index (χ2v) is 5.58. The number of carbonyl (C=O) groups excluding carboxylic acids is 1. The van der Waals surface area contributed by atoms with Crippen molar-refractivity contribution < 1.29 is 9.53 Å². The summed E-state index contributed by atoms with van der Waals surface area (Å²) in [5, 5.41) is 9.05. The molecule has 0 saturated carbocycles. The van der Waals surface area contributed by atoms with Crippen LogP contribution in [0.25, 0.3) is 0 Å². The number of benzene rings is 1. The van der Waals surface area contributed by atoms with Gasteiger partial charge in [0.05, 0.1) is 13.2 Å². The van der Waals surface area contributed by atoms with Crippen LogP contribution in [0.3, 0.4) is 0 Å². The van der Waals surface area contributed by atoms with Crippen LogP contribution in [-0.4, -0.2) is 34.2 Å². The van der Waals surface area contributed by atoms with E-state index >= 15 is 0 Å². The number of nitrogens with zero attached hydrogens (tertiary/aromatic N) is 2. The SMILES string of the molecule is COc1ccc(C2NNC(C)C2CC(=O)Nc2ncn[nH]2)cc1. The van der Waals surface area contributed by atoms with E-state index in [1.807, 2.05) is 24.3 Å². The third-order valence-electron chi connectivity index (χ3n) is 4.11. The lowest BCUT2D eigenvalue weighted by Crippen LogP contribution is -2.29. The summed E-state index contributed by atoms with van der Waals surface area (Å²) in [4.78, 5) is 16.1. The highest BCUT2D eigenvalue weighted by molar-refractivity contribution is 5.89. The van der Waals surface area contributed by atoms with Crippen molar-refractivity contribution in [2.45, 2.75) is 25.4 Å². The molecule has 8 heteroatoms. The molecule has 1 saturated heterocycles. The maximum Gasteiger partial charge on any atom is 0.227 e. The lowest BCUT2D eigenvalue weighted by atomic mass is 9.87. The molecule has 3 atom stereocenters. The van der Waals surface area contributed by atoms with Gasteiger partial charge < -0.3 is 4.74 Å². The van der Waals surface area contributed by atoms with Crippen molar-refractivity contribution >= 4 is 11.9 Å². The molecule has 1 aromatic heterocycles. The highest BCUT2D eigenvalue weighted by Gasteiger charge is 2.35. The number of hydrogen-bond donors (Lipinski definition) is 4. The maximum absolute atomic E-state index is 12.2. The van der Waals surface area contributed by atoms with Gasteiger partial charge in [-0.05, 0) is 24.6 Å². The van der Waals surface area contributed by atoms with Gasteiger partial charge in [-0.25, -0.2) is 10.5 Å². The Hall–Kier alpha value is -2.45. The number of amides is 1. The average Bonchev–Trinajstić information content (AvgIpc) is 3.18. The fourth-order valence-corrected chi connectivity index (χ4v) is 2.82. The molecule has 1 aromatic carbocycles. The largest absolute Gasteiger partial charge is 0.497 e. The minimum absolute atomic E-state index is 0.0522. The van der Waals surface area contributed by atoms with E-state index in [9.17, 15) is 4.79 Å². The van der Waals surface area contributed by atoms with Crippen molar-refractivity contribution in [1.82, 2.24) is 26.0 Å². The van der Waals surface area contributed by atoms with Gasteiger partial charge in [0, 0.05) is 18.4 Å². The molecular weight excluding hydrogens is 296 g/mol. The first kappa shape index (κ1) is 15.4. The highest BCUT2D eigenvalue weighted by atomic mass is 16.5. The smallest absolute Gasteiger partial charge is 0.227 e. The molecule has 0 bridgehead atoms. The summed E-state index contributed by atoms with van der Waals surface area (Å²) in [6.45, 7) is 2.06. The molecule has 3 rings (SSSR count). The number of hydrogen-bond acceptors (Lipinski definition) is 6. The van der Waals surface area contributed by atoms with Crippen LogP contribution in [-0.2, 0) is 4.79 Å². The van der Waals surface area contributed by atoms with Gasteiger partial charge in [0.2, 0.25) is 11.9 Å². The summed E-state index contributed by atoms with van der Waals surface area (Å²) in [6, 6.07) is 8.09. The van der Waals surface area contributed by atoms with Gasteiger partial charge >= 0.3 is 0 Å². The molecule has 2 aromatic rings. The number of methoxy groups -OCH3 is 1. The summed E-state index contributed by atoms with van der Waals surface area (Å²) in [5.74, 6) is 1.20. The molecule has 3 unspecified atom stereocenters. The van der Waals surface area contributed by atoms with Crippen molar-refractivity contribution in [1.29, 1.82) is 0 Å². The minimum Gasteiger partial charge on any atom is -0.497 e. The predicted molar refractivity (Wildman–Crippen MR) is 84.6 cm³/mol. The van der Waals surface area contributed by atoms with Crippen LogP contribution in [0, 0.1) is 5.92 Å². The number of aromatic amines is 1. The number of nitrogens with one attached hydrogen (secondary N) is 4. The first-order chi connectivity index (χ1) is 11.2. The molecule has 1 amide bonds. The molecule has 4 N–H and O–H groups in total. The van der Waals surface area contributed by atoms with E-state index in [4.69, 9.17) is 4.74 Å². The van der Waals surface area contributed by atoms with Gasteiger partial charge in [-0.3, -0.25) is 15.5 Å². The summed E-state index contributed by atoms with van der Waals surface area (Å²) >= 11 is 0. The summed E-state index contributed by atoms with van der Waals surface area (Å²) in [7, 11) is 1.64. The zero-order chi connectivity index (χ0) is 16.2. The molecule has 1 aliphatic rings. The molecule has 1 aliphatic heterocycles. The third kappa shape index (κ3) is 3.49. The Balaban J connectivity index is 1.69. The molecule has 8 nitrogen and oxygen atoms in total. The molecular formula is C15H20N6O2. The van der Waals surface area contributed by atoms with Crippen LogP contribution >= 0.6 is 0 Å². The average molecular weight is 316 g/mol. The Labute approximate surface area is 134 Å². The van der Waals surface area contributed by atoms with E-state index in [0.29, 0.717) is 12.4 Å². The Morgan fingerprint density at radius 2 is 2.09 bits per heavy atom. The van der Waals surface area contributed by atoms with Gasteiger partial charge in [-0.15, -0.1) is 0 Å². The lowest BCUT2D eigenvalue weighted by Gasteiger charge is -2.20. The molecule has 2 heterocycles. The van der Waals surface area contributed by atoms with Crippen molar-refractivity contribution in [3.8, 4) is 5.75 Å². The number of carbonyl (C=O) groups is 1. The number of aromatic nitrogens is 3. The van der Waals surface area contributed by atoms with Crippen LogP contribution in [0.5, 0.6) is 5.75 Å². The quantitative estimate of drug-likeness (QED) is 0.656. The van der Waals surface area contributed by atoms with Crippen LogP contribution in [0.15, 0.2) is 30.6 Å². The first-order valence-electron chi connectivity index (χ1n) is 7.47. The molecule has 0 aliphatic carbocycles. The fraction of sp³-hybridized carbons (Fsp3) is 0.400. The van der Waals surface area contributed by atoms with E-state index in [-0.39, 0.29) is 23.9 Å². The first-order valence-corrected chi connectivity index (χ1v) is 7.47. The van der Waals surface area contributed by atoms with Crippen molar-refractivity contribution in [3.63, 3.8) is 0 Å². The summed E-state index contributed by atoms with van der Waals surface area (Å²) in [6.07, 6.45) is 1.73. The molecule has 0 radical (unpaired) electrons. The molecule has 1 fully saturated rings. The Kier molecular flexibility index (Phi) is 4.54. The monoisotopic (exact) mass is 316 g/mol. The van der Waals surface area contributed by atoms with Crippen LogP contribution in [0.1, 0.15) is 24.9 Å². The summed E-state index contributed by atoms with van der Waals surface area (Å²) in [5.41, 5.74) is 7.59. The van der Waals surface area contributed by atoms with Crippen molar-refractivity contribution in [3.05, 3.63) is 36.2 Å². The van der Waals surface area contributed by atoms with Gasteiger partial charge in [-0.2, -0.15) is 10.1 Å². The second kappa shape index (κ2) is 6.76. The van der Waals surface area contributed by atoms with Crippen molar-refractivity contribution in [2.75, 3.05) is 12.4 Å². The number of rotatable bonds is 5. The van der Waals surface area contributed by atoms with Gasteiger partial charge in [0.25, 0.3) is 0 Å². The molecule has 0 spiro atoms. The minimum atomic E-state index is -0.0948. The molecule has 122 valence electrons. The number of H-pyrrole nitrogens is 1. The van der Waals surface area contributed by atoms with Crippen LogP contribution < -0.4 is 20.9 Å². The van der Waals surface area contributed by atoms with Gasteiger partial charge in [0.15, 0.2) is 0 Å². The third-order valence-corrected chi connectivity index (χ3v) is 4.11. The predicted octanol–water partition coefficient (Wildman–Crippen LogP) is 0.996. The Morgan fingerprint density at radius 1 is 1.30 bits per heavy atom. The number of hydrazine groups is 1.